The average molecular weight is 285 g/mol. The van der Waals surface area contributed by atoms with Crippen LogP contribution in [-0.4, -0.2) is 35.3 Å². The summed E-state index contributed by atoms with van der Waals surface area (Å²) in [7, 11) is 0. The van der Waals surface area contributed by atoms with Crippen LogP contribution < -0.4 is 4.90 Å². The summed E-state index contributed by atoms with van der Waals surface area (Å²) in [4.78, 5) is 16.1. The van der Waals surface area contributed by atoms with Gasteiger partial charge < -0.3 is 10.0 Å². The molecule has 1 N–H and O–H groups in total. The van der Waals surface area contributed by atoms with Crippen molar-refractivity contribution in [1.82, 2.24) is 4.98 Å². The molecular weight excluding hydrogens is 275 g/mol. The number of anilines is 1. The molecule has 1 aliphatic rings. The number of carboxylic acids is 1. The number of carbonyl (C=O) groups is 1. The van der Waals surface area contributed by atoms with Gasteiger partial charge in [0, 0.05) is 19.3 Å². The van der Waals surface area contributed by atoms with E-state index in [1.807, 2.05) is 6.07 Å². The Labute approximate surface area is 112 Å². The number of aliphatic carboxylic acids is 1. The maximum absolute atomic E-state index is 13.1. The summed E-state index contributed by atoms with van der Waals surface area (Å²) in [5, 5.41) is 17.9. The second-order valence-electron chi connectivity index (χ2n) is 4.56. The van der Waals surface area contributed by atoms with Gasteiger partial charge in [0.15, 0.2) is 5.41 Å². The molecule has 0 spiro atoms. The van der Waals surface area contributed by atoms with Gasteiger partial charge in [-0.1, -0.05) is 0 Å². The first kappa shape index (κ1) is 14.1. The van der Waals surface area contributed by atoms with Gasteiger partial charge in [0.25, 0.3) is 0 Å². The van der Waals surface area contributed by atoms with Gasteiger partial charge in [-0.2, -0.15) is 18.4 Å². The maximum atomic E-state index is 13.1. The van der Waals surface area contributed by atoms with Crippen molar-refractivity contribution < 1.29 is 23.1 Å². The van der Waals surface area contributed by atoms with Gasteiger partial charge in [-0.25, -0.2) is 0 Å². The monoisotopic (exact) mass is 285 g/mol. The quantitative estimate of drug-likeness (QED) is 0.896. The zero-order chi connectivity index (χ0) is 15.0. The van der Waals surface area contributed by atoms with Crippen LogP contribution in [0.25, 0.3) is 0 Å². The van der Waals surface area contributed by atoms with Crippen LogP contribution in [0.5, 0.6) is 0 Å². The molecule has 106 valence electrons. The molecule has 20 heavy (non-hydrogen) atoms. The highest BCUT2D eigenvalue weighted by atomic mass is 19.4. The van der Waals surface area contributed by atoms with Crippen molar-refractivity contribution in [3.8, 4) is 6.07 Å². The second kappa shape index (κ2) is 4.67. The van der Waals surface area contributed by atoms with Gasteiger partial charge in [-0.05, 0) is 12.5 Å². The number of carboxylic acid groups (broad SMARTS) is 1. The number of aromatic nitrogens is 1. The van der Waals surface area contributed by atoms with E-state index in [9.17, 15) is 18.0 Å². The summed E-state index contributed by atoms with van der Waals surface area (Å²) in [5.41, 5.74) is -2.40. The lowest BCUT2D eigenvalue weighted by Gasteiger charge is -2.27. The Morgan fingerprint density at radius 2 is 2.25 bits per heavy atom. The third-order valence-electron chi connectivity index (χ3n) is 3.48. The van der Waals surface area contributed by atoms with E-state index in [4.69, 9.17) is 10.4 Å². The van der Waals surface area contributed by atoms with Gasteiger partial charge >= 0.3 is 12.1 Å². The molecule has 1 fully saturated rings. The molecule has 0 bridgehead atoms. The summed E-state index contributed by atoms with van der Waals surface area (Å²) < 4.78 is 39.2. The minimum absolute atomic E-state index is 0.0911. The number of nitriles is 1. The fourth-order valence-corrected chi connectivity index (χ4v) is 2.28. The lowest BCUT2D eigenvalue weighted by atomic mass is 9.86. The predicted octanol–water partition coefficient (Wildman–Crippen LogP) is 1.80. The first-order valence-electron chi connectivity index (χ1n) is 5.71. The van der Waals surface area contributed by atoms with E-state index in [1.165, 1.54) is 23.4 Å². The van der Waals surface area contributed by atoms with E-state index >= 15 is 0 Å². The molecule has 0 amide bonds. The Kier molecular flexibility index (Phi) is 3.29. The predicted molar refractivity (Wildman–Crippen MR) is 61.9 cm³/mol. The molecule has 2 rings (SSSR count). The van der Waals surface area contributed by atoms with Crippen molar-refractivity contribution in [3.63, 3.8) is 0 Å². The van der Waals surface area contributed by atoms with Crippen molar-refractivity contribution in [3.05, 3.63) is 24.0 Å². The molecule has 2 heterocycles. The van der Waals surface area contributed by atoms with E-state index in [-0.39, 0.29) is 17.8 Å². The Balaban J connectivity index is 2.37. The molecule has 1 unspecified atom stereocenters. The lowest BCUT2D eigenvalue weighted by molar-refractivity contribution is -0.225. The fourth-order valence-electron chi connectivity index (χ4n) is 2.28. The third-order valence-corrected chi connectivity index (χ3v) is 3.48. The first-order chi connectivity index (χ1) is 9.32. The van der Waals surface area contributed by atoms with Crippen LogP contribution in [0.3, 0.4) is 0 Å². The van der Waals surface area contributed by atoms with Gasteiger partial charge in [-0.3, -0.25) is 9.78 Å². The van der Waals surface area contributed by atoms with Crippen molar-refractivity contribution in [2.75, 3.05) is 18.0 Å². The number of hydrogen-bond acceptors (Lipinski definition) is 4. The Hall–Kier alpha value is -2.30. The second-order valence-corrected chi connectivity index (χ2v) is 4.56. The smallest absolute Gasteiger partial charge is 0.406 e. The van der Waals surface area contributed by atoms with Gasteiger partial charge in [0.1, 0.15) is 6.07 Å². The SMILES string of the molecule is N#Cc1ccncc1N1CCC(C(=O)O)(C(F)(F)F)C1. The van der Waals surface area contributed by atoms with Crippen molar-refractivity contribution in [2.24, 2.45) is 5.41 Å². The third kappa shape index (κ3) is 2.05. The van der Waals surface area contributed by atoms with Crippen LogP contribution >= 0.6 is 0 Å². The summed E-state index contributed by atoms with van der Waals surface area (Å²) in [5.74, 6) is -1.89. The molecule has 1 saturated heterocycles. The zero-order valence-electron chi connectivity index (χ0n) is 10.2. The molecule has 5 nitrogen and oxygen atoms in total. The number of halogens is 3. The zero-order valence-corrected chi connectivity index (χ0v) is 10.2. The standard InChI is InChI=1S/C12H10F3N3O2/c13-12(14,15)11(10(19)20)2-4-18(7-11)9-6-17-3-1-8(9)5-16/h1,3,6H,2,4,7H2,(H,19,20). The topological polar surface area (TPSA) is 77.2 Å². The number of pyridine rings is 1. The minimum Gasteiger partial charge on any atom is -0.481 e. The van der Waals surface area contributed by atoms with Crippen LogP contribution in [0, 0.1) is 16.7 Å². The highest BCUT2D eigenvalue weighted by Crippen LogP contribution is 2.46. The van der Waals surface area contributed by atoms with Gasteiger partial charge in [0.2, 0.25) is 0 Å². The first-order valence-corrected chi connectivity index (χ1v) is 5.71. The van der Waals surface area contributed by atoms with E-state index in [2.05, 4.69) is 4.98 Å². The largest absolute Gasteiger partial charge is 0.481 e. The molecule has 1 aromatic rings. The summed E-state index contributed by atoms with van der Waals surface area (Å²) in [6, 6.07) is 3.24. The lowest BCUT2D eigenvalue weighted by Crippen LogP contribution is -2.47. The number of hydrogen-bond donors (Lipinski definition) is 1. The summed E-state index contributed by atoms with van der Waals surface area (Å²) in [6.45, 7) is -0.807. The highest BCUT2D eigenvalue weighted by molar-refractivity contribution is 5.78. The molecule has 8 heteroatoms. The number of rotatable bonds is 2. The Morgan fingerprint density at radius 1 is 1.55 bits per heavy atom. The highest BCUT2D eigenvalue weighted by Gasteiger charge is 2.63. The molecule has 0 aliphatic carbocycles. The molecule has 1 aromatic heterocycles. The van der Waals surface area contributed by atoms with E-state index in [1.54, 1.807) is 0 Å². The normalized spacial score (nSPS) is 22.6. The molecule has 0 aromatic carbocycles. The number of nitrogens with zero attached hydrogens (tertiary/aromatic N) is 3. The van der Waals surface area contributed by atoms with Crippen molar-refractivity contribution in [2.45, 2.75) is 12.6 Å². The number of alkyl halides is 3. The van der Waals surface area contributed by atoms with Gasteiger partial charge in [0.05, 0.1) is 17.4 Å². The molecular formula is C12H10F3N3O2. The maximum Gasteiger partial charge on any atom is 0.406 e. The summed E-state index contributed by atoms with van der Waals surface area (Å²) in [6.07, 6.45) is -2.77. The van der Waals surface area contributed by atoms with Crippen LogP contribution in [0.2, 0.25) is 0 Å². The van der Waals surface area contributed by atoms with Crippen LogP contribution in [0.15, 0.2) is 18.5 Å². The van der Waals surface area contributed by atoms with E-state index in [0.717, 1.165) is 0 Å². The fraction of sp³-hybridized carbons (Fsp3) is 0.417. The molecule has 0 saturated carbocycles. The minimum atomic E-state index is -4.84. The average Bonchev–Trinajstić information content (AvgIpc) is 2.84. The van der Waals surface area contributed by atoms with Gasteiger partial charge in [-0.15, -0.1) is 0 Å². The Bertz CT molecular complexity index is 582. The molecule has 1 aliphatic heterocycles. The summed E-state index contributed by atoms with van der Waals surface area (Å²) >= 11 is 0. The van der Waals surface area contributed by atoms with Crippen LogP contribution in [0.1, 0.15) is 12.0 Å². The van der Waals surface area contributed by atoms with E-state index < -0.39 is 30.5 Å². The molecule has 1 atom stereocenters. The van der Waals surface area contributed by atoms with Crippen LogP contribution in [-0.2, 0) is 4.79 Å². The van der Waals surface area contributed by atoms with Crippen molar-refractivity contribution in [1.29, 1.82) is 5.26 Å². The van der Waals surface area contributed by atoms with Crippen LogP contribution in [0.4, 0.5) is 18.9 Å². The van der Waals surface area contributed by atoms with Crippen molar-refractivity contribution >= 4 is 11.7 Å². The Morgan fingerprint density at radius 3 is 2.75 bits per heavy atom. The molecule has 0 radical (unpaired) electrons. The van der Waals surface area contributed by atoms with E-state index in [0.29, 0.717) is 0 Å².